The molecule has 1 atom stereocenters. The van der Waals surface area contributed by atoms with Crippen LogP contribution in [0.5, 0.6) is 11.5 Å². The first-order valence-corrected chi connectivity index (χ1v) is 11.1. The van der Waals surface area contributed by atoms with E-state index in [0.717, 1.165) is 32.5 Å². The predicted octanol–water partition coefficient (Wildman–Crippen LogP) is 3.90. The molecule has 2 aromatic rings. The maximum absolute atomic E-state index is 13.1. The summed E-state index contributed by atoms with van der Waals surface area (Å²) in [5, 5.41) is 3.16. The summed E-state index contributed by atoms with van der Waals surface area (Å²) in [5.74, 6) is 1.07. The number of nitrogens with zero attached hydrogens (tertiary/aromatic N) is 1. The number of benzene rings is 2. The fourth-order valence-corrected chi connectivity index (χ4v) is 4.22. The fourth-order valence-electron chi connectivity index (χ4n) is 4.22. The lowest BCUT2D eigenvalue weighted by atomic mass is 9.88. The molecule has 2 heterocycles. The summed E-state index contributed by atoms with van der Waals surface area (Å²) in [7, 11) is 0. The van der Waals surface area contributed by atoms with Gasteiger partial charge in [0, 0.05) is 29.6 Å². The van der Waals surface area contributed by atoms with Gasteiger partial charge in [-0.25, -0.2) is 4.39 Å². The van der Waals surface area contributed by atoms with E-state index < -0.39 is 0 Å². The van der Waals surface area contributed by atoms with Gasteiger partial charge in [0.15, 0.2) is 17.3 Å². The molecule has 7 heteroatoms. The molecule has 6 nitrogen and oxygen atoms in total. The first kappa shape index (κ1) is 22.3. The van der Waals surface area contributed by atoms with Crippen LogP contribution in [0.15, 0.2) is 42.5 Å². The van der Waals surface area contributed by atoms with E-state index in [4.69, 9.17) is 9.47 Å². The molecular weight excluding hydrogens is 411 g/mol. The summed E-state index contributed by atoms with van der Waals surface area (Å²) < 4.78 is 23.8. The van der Waals surface area contributed by atoms with Gasteiger partial charge in [0.1, 0.15) is 5.82 Å². The zero-order chi connectivity index (χ0) is 22.7. The summed E-state index contributed by atoms with van der Waals surface area (Å²) in [6.45, 7) is 6.67. The third-order valence-corrected chi connectivity index (χ3v) is 6.30. The van der Waals surface area contributed by atoms with Crippen LogP contribution in [0.1, 0.15) is 47.4 Å². The number of Topliss-reactive ketones (excluding diaryl/α,β-unsaturated/α-hetero) is 1. The van der Waals surface area contributed by atoms with Gasteiger partial charge in [-0.3, -0.25) is 9.59 Å². The lowest BCUT2D eigenvalue weighted by Gasteiger charge is -2.35. The van der Waals surface area contributed by atoms with Crippen LogP contribution in [0, 0.1) is 17.7 Å². The van der Waals surface area contributed by atoms with E-state index in [1.54, 1.807) is 30.3 Å². The van der Waals surface area contributed by atoms with E-state index in [1.807, 2.05) is 0 Å². The smallest absolute Gasteiger partial charge is 0.251 e. The Labute approximate surface area is 187 Å². The maximum atomic E-state index is 13.1. The highest BCUT2D eigenvalue weighted by Gasteiger charge is 2.28. The quantitative estimate of drug-likeness (QED) is 0.662. The SMILES string of the molecule is CC(C)C(CN1CCC(C(=O)c2ccc(F)cc2)CC1)NC(=O)c1ccc2c(c1)OCO2. The average molecular weight is 441 g/mol. The molecule has 1 N–H and O–H groups in total. The minimum absolute atomic E-state index is 0.0164. The van der Waals surface area contributed by atoms with Gasteiger partial charge in [-0.15, -0.1) is 0 Å². The maximum Gasteiger partial charge on any atom is 0.251 e. The van der Waals surface area contributed by atoms with Crippen LogP contribution in [0.3, 0.4) is 0 Å². The van der Waals surface area contributed by atoms with E-state index in [2.05, 4.69) is 24.1 Å². The highest BCUT2D eigenvalue weighted by Crippen LogP contribution is 2.32. The Morgan fingerprint density at radius 3 is 2.38 bits per heavy atom. The molecule has 1 unspecified atom stereocenters. The van der Waals surface area contributed by atoms with Gasteiger partial charge in [-0.2, -0.15) is 0 Å². The minimum Gasteiger partial charge on any atom is -0.454 e. The standard InChI is InChI=1S/C25H29FN2O4/c1-16(2)21(27-25(30)19-5-8-22-23(13-19)32-15-31-22)14-28-11-9-18(10-12-28)24(29)17-3-6-20(26)7-4-17/h3-8,13,16,18,21H,9-12,14-15H2,1-2H3,(H,27,30). The van der Waals surface area contributed by atoms with Crippen LogP contribution in [0.4, 0.5) is 4.39 Å². The molecule has 170 valence electrons. The topological polar surface area (TPSA) is 67.9 Å². The van der Waals surface area contributed by atoms with Crippen LogP contribution in [-0.2, 0) is 0 Å². The Hall–Kier alpha value is -2.93. The average Bonchev–Trinajstić information content (AvgIpc) is 3.27. The molecule has 32 heavy (non-hydrogen) atoms. The third kappa shape index (κ3) is 5.10. The summed E-state index contributed by atoms with van der Waals surface area (Å²) >= 11 is 0. The molecule has 0 aliphatic carbocycles. The number of ketones is 1. The van der Waals surface area contributed by atoms with Crippen LogP contribution < -0.4 is 14.8 Å². The number of hydrogen-bond donors (Lipinski definition) is 1. The van der Waals surface area contributed by atoms with Crippen LogP contribution >= 0.6 is 0 Å². The molecule has 0 saturated carbocycles. The lowest BCUT2D eigenvalue weighted by molar-refractivity contribution is 0.0811. The zero-order valence-electron chi connectivity index (χ0n) is 18.5. The van der Waals surface area contributed by atoms with Crippen molar-refractivity contribution >= 4 is 11.7 Å². The Morgan fingerprint density at radius 1 is 1.03 bits per heavy atom. The van der Waals surface area contributed by atoms with Gasteiger partial charge in [-0.1, -0.05) is 13.8 Å². The van der Waals surface area contributed by atoms with Gasteiger partial charge < -0.3 is 19.7 Å². The second kappa shape index (κ2) is 9.69. The molecular formula is C25H29FN2O4. The molecule has 2 aliphatic heterocycles. The number of hydrogen-bond acceptors (Lipinski definition) is 5. The molecule has 2 aromatic carbocycles. The van der Waals surface area contributed by atoms with Crippen molar-refractivity contribution in [2.24, 2.45) is 11.8 Å². The van der Waals surface area contributed by atoms with Gasteiger partial charge in [0.2, 0.25) is 6.79 Å². The van der Waals surface area contributed by atoms with Crippen molar-refractivity contribution in [2.75, 3.05) is 26.4 Å². The molecule has 0 spiro atoms. The molecule has 4 rings (SSSR count). The highest BCUT2D eigenvalue weighted by atomic mass is 19.1. The lowest BCUT2D eigenvalue weighted by Crippen LogP contribution is -2.49. The second-order valence-electron chi connectivity index (χ2n) is 8.84. The first-order chi connectivity index (χ1) is 15.4. The summed E-state index contributed by atoms with van der Waals surface area (Å²) in [5.41, 5.74) is 1.12. The molecule has 0 radical (unpaired) electrons. The summed E-state index contributed by atoms with van der Waals surface area (Å²) in [6, 6.07) is 11.0. The number of rotatable bonds is 7. The largest absolute Gasteiger partial charge is 0.454 e. The number of fused-ring (bicyclic) bond motifs is 1. The Bertz CT molecular complexity index is 968. The molecule has 0 aromatic heterocycles. The number of nitrogens with one attached hydrogen (secondary N) is 1. The van der Waals surface area contributed by atoms with E-state index in [1.165, 1.54) is 12.1 Å². The number of carbonyl (C=O) groups excluding carboxylic acids is 2. The number of halogens is 1. The molecule has 1 saturated heterocycles. The minimum atomic E-state index is -0.334. The zero-order valence-corrected chi connectivity index (χ0v) is 18.5. The van der Waals surface area contributed by atoms with Crippen molar-refractivity contribution in [3.63, 3.8) is 0 Å². The van der Waals surface area contributed by atoms with Crippen LogP contribution in [0.2, 0.25) is 0 Å². The van der Waals surface area contributed by atoms with Crippen molar-refractivity contribution in [3.8, 4) is 11.5 Å². The third-order valence-electron chi connectivity index (χ3n) is 6.30. The van der Waals surface area contributed by atoms with E-state index >= 15 is 0 Å². The van der Waals surface area contributed by atoms with Gasteiger partial charge in [0.25, 0.3) is 5.91 Å². The fraction of sp³-hybridized carbons (Fsp3) is 0.440. The van der Waals surface area contributed by atoms with Crippen molar-refractivity contribution in [1.29, 1.82) is 0 Å². The van der Waals surface area contributed by atoms with Crippen LogP contribution in [0.25, 0.3) is 0 Å². The van der Waals surface area contributed by atoms with Crippen molar-refractivity contribution in [1.82, 2.24) is 10.2 Å². The molecule has 1 amide bonds. The Balaban J connectivity index is 1.31. The number of likely N-dealkylation sites (tertiary alicyclic amines) is 1. The molecule has 0 bridgehead atoms. The predicted molar refractivity (Wildman–Crippen MR) is 119 cm³/mol. The Kier molecular flexibility index (Phi) is 6.74. The van der Waals surface area contributed by atoms with E-state index in [0.29, 0.717) is 22.6 Å². The van der Waals surface area contributed by atoms with Crippen molar-refractivity contribution in [3.05, 3.63) is 59.4 Å². The monoisotopic (exact) mass is 440 g/mol. The first-order valence-electron chi connectivity index (χ1n) is 11.1. The summed E-state index contributed by atoms with van der Waals surface area (Å²) in [6.07, 6.45) is 1.52. The van der Waals surface area contributed by atoms with Crippen LogP contribution in [-0.4, -0.2) is 49.1 Å². The van der Waals surface area contributed by atoms with E-state index in [-0.39, 0.29) is 42.2 Å². The Morgan fingerprint density at radius 2 is 1.69 bits per heavy atom. The molecule has 2 aliphatic rings. The number of amides is 1. The molecule has 1 fully saturated rings. The number of carbonyl (C=O) groups is 2. The van der Waals surface area contributed by atoms with E-state index in [9.17, 15) is 14.0 Å². The van der Waals surface area contributed by atoms with Crippen molar-refractivity contribution in [2.45, 2.75) is 32.7 Å². The van der Waals surface area contributed by atoms with Gasteiger partial charge in [0.05, 0.1) is 0 Å². The van der Waals surface area contributed by atoms with Gasteiger partial charge in [-0.05, 0) is 74.3 Å². The number of piperidine rings is 1. The normalized spacial score (nSPS) is 17.4. The summed E-state index contributed by atoms with van der Waals surface area (Å²) in [4.78, 5) is 27.8. The number of ether oxygens (including phenoxy) is 2. The van der Waals surface area contributed by atoms with Crippen molar-refractivity contribution < 1.29 is 23.5 Å². The van der Waals surface area contributed by atoms with Gasteiger partial charge >= 0.3 is 0 Å². The highest BCUT2D eigenvalue weighted by molar-refractivity contribution is 5.98. The second-order valence-corrected chi connectivity index (χ2v) is 8.84.